The topological polar surface area (TPSA) is 38.5 Å². The number of hydrogen-bond donors (Lipinski definition) is 1. The lowest BCUT2D eigenvalue weighted by Crippen LogP contribution is -2.59. The lowest BCUT2D eigenvalue weighted by atomic mass is 9.72. The zero-order chi connectivity index (χ0) is 14.8. The molecule has 3 heteroatoms. The Morgan fingerprint density at radius 2 is 1.85 bits per heavy atom. The van der Waals surface area contributed by atoms with Crippen molar-refractivity contribution < 1.29 is 4.74 Å². The Kier molecular flexibility index (Phi) is 5.14. The van der Waals surface area contributed by atoms with Crippen LogP contribution in [0.3, 0.4) is 0 Å². The van der Waals surface area contributed by atoms with Crippen molar-refractivity contribution in [2.24, 2.45) is 17.1 Å². The Morgan fingerprint density at radius 3 is 2.35 bits per heavy atom. The van der Waals surface area contributed by atoms with Gasteiger partial charge >= 0.3 is 0 Å². The molecular weight excluding hydrogens is 248 g/mol. The van der Waals surface area contributed by atoms with Crippen LogP contribution in [0.15, 0.2) is 0 Å². The van der Waals surface area contributed by atoms with E-state index in [9.17, 15) is 0 Å². The second kappa shape index (κ2) is 6.33. The zero-order valence-corrected chi connectivity index (χ0v) is 14.0. The van der Waals surface area contributed by atoms with Crippen LogP contribution in [-0.2, 0) is 4.74 Å². The van der Waals surface area contributed by atoms with Gasteiger partial charge in [0.15, 0.2) is 0 Å². The molecule has 118 valence electrons. The first-order chi connectivity index (χ1) is 9.41. The van der Waals surface area contributed by atoms with Crippen LogP contribution < -0.4 is 5.73 Å². The first-order valence-electron chi connectivity index (χ1n) is 8.39. The normalized spacial score (nSPS) is 34.4. The maximum Gasteiger partial charge on any atom is 0.0589 e. The fourth-order valence-corrected chi connectivity index (χ4v) is 4.31. The predicted octanol–water partition coefficient (Wildman–Crippen LogP) is 3.03. The maximum absolute atomic E-state index is 6.21. The highest BCUT2D eigenvalue weighted by molar-refractivity contribution is 4.99. The number of ether oxygens (including phenoxy) is 1. The summed E-state index contributed by atoms with van der Waals surface area (Å²) in [7, 11) is 1.85. The standard InChI is InChI=1S/C17H34N2O/c1-16(2,3)14-7-10-19(11-8-14)17(13-18)9-5-6-15(12-17)20-4/h14-15H,5-13,18H2,1-4H3. The molecule has 0 radical (unpaired) electrons. The van der Waals surface area contributed by atoms with Crippen molar-refractivity contribution in [3.63, 3.8) is 0 Å². The van der Waals surface area contributed by atoms with Crippen molar-refractivity contribution in [1.29, 1.82) is 0 Å². The predicted molar refractivity (Wildman–Crippen MR) is 84.8 cm³/mol. The molecule has 1 saturated carbocycles. The Bertz CT molecular complexity index is 305. The van der Waals surface area contributed by atoms with Crippen LogP contribution in [0, 0.1) is 11.3 Å². The highest BCUT2D eigenvalue weighted by atomic mass is 16.5. The summed E-state index contributed by atoms with van der Waals surface area (Å²) in [5.74, 6) is 0.857. The first-order valence-corrected chi connectivity index (χ1v) is 8.39. The number of piperidine rings is 1. The molecule has 2 unspecified atom stereocenters. The molecule has 2 N–H and O–H groups in total. The van der Waals surface area contributed by atoms with Gasteiger partial charge in [0.1, 0.15) is 0 Å². The minimum Gasteiger partial charge on any atom is -0.381 e. The number of nitrogens with zero attached hydrogens (tertiary/aromatic N) is 1. The fraction of sp³-hybridized carbons (Fsp3) is 1.00. The van der Waals surface area contributed by atoms with E-state index >= 15 is 0 Å². The summed E-state index contributed by atoms with van der Waals surface area (Å²) >= 11 is 0. The third kappa shape index (κ3) is 3.37. The van der Waals surface area contributed by atoms with E-state index in [-0.39, 0.29) is 5.54 Å². The lowest BCUT2D eigenvalue weighted by molar-refractivity contribution is -0.0414. The second-order valence-electron chi connectivity index (χ2n) is 8.01. The lowest BCUT2D eigenvalue weighted by Gasteiger charge is -2.51. The summed E-state index contributed by atoms with van der Waals surface area (Å²) in [5.41, 5.74) is 6.87. The van der Waals surface area contributed by atoms with Crippen molar-refractivity contribution >= 4 is 0 Å². The van der Waals surface area contributed by atoms with Gasteiger partial charge in [0.25, 0.3) is 0 Å². The molecule has 0 bridgehead atoms. The van der Waals surface area contributed by atoms with Crippen LogP contribution in [-0.4, -0.2) is 43.3 Å². The van der Waals surface area contributed by atoms with Gasteiger partial charge in [0.2, 0.25) is 0 Å². The second-order valence-corrected chi connectivity index (χ2v) is 8.01. The molecule has 1 heterocycles. The molecule has 1 saturated heterocycles. The minimum absolute atomic E-state index is 0.210. The summed E-state index contributed by atoms with van der Waals surface area (Å²) in [6.45, 7) is 10.4. The Hall–Kier alpha value is -0.120. The average Bonchev–Trinajstić information content (AvgIpc) is 2.46. The highest BCUT2D eigenvalue weighted by Gasteiger charge is 2.42. The number of methoxy groups -OCH3 is 1. The number of nitrogens with two attached hydrogens (primary N) is 1. The van der Waals surface area contributed by atoms with Crippen LogP contribution in [0.1, 0.15) is 59.3 Å². The molecule has 0 aromatic rings. The van der Waals surface area contributed by atoms with E-state index in [1.165, 1.54) is 45.2 Å². The van der Waals surface area contributed by atoms with Crippen LogP contribution in [0.2, 0.25) is 0 Å². The van der Waals surface area contributed by atoms with E-state index < -0.39 is 0 Å². The van der Waals surface area contributed by atoms with Crippen molar-refractivity contribution in [1.82, 2.24) is 4.90 Å². The van der Waals surface area contributed by atoms with Crippen molar-refractivity contribution in [3.8, 4) is 0 Å². The third-order valence-corrected chi connectivity index (χ3v) is 5.88. The summed E-state index contributed by atoms with van der Waals surface area (Å²) in [6.07, 6.45) is 7.90. The first kappa shape index (κ1) is 16.3. The Balaban J connectivity index is 1.99. The average molecular weight is 282 g/mol. The van der Waals surface area contributed by atoms with Crippen LogP contribution in [0.5, 0.6) is 0 Å². The summed E-state index contributed by atoms with van der Waals surface area (Å²) in [6, 6.07) is 0. The van der Waals surface area contributed by atoms with Crippen molar-refractivity contribution in [2.75, 3.05) is 26.7 Å². The van der Waals surface area contributed by atoms with Gasteiger partial charge in [-0.25, -0.2) is 0 Å². The van der Waals surface area contributed by atoms with Crippen molar-refractivity contribution in [3.05, 3.63) is 0 Å². The molecule has 3 nitrogen and oxygen atoms in total. The van der Waals surface area contributed by atoms with Gasteiger partial charge in [-0.05, 0) is 62.9 Å². The molecule has 2 aliphatic rings. The fourth-order valence-electron chi connectivity index (χ4n) is 4.31. The van der Waals surface area contributed by atoms with Crippen LogP contribution in [0.25, 0.3) is 0 Å². The van der Waals surface area contributed by atoms with E-state index in [1.807, 2.05) is 7.11 Å². The molecule has 0 spiro atoms. The van der Waals surface area contributed by atoms with Gasteiger partial charge < -0.3 is 10.5 Å². The largest absolute Gasteiger partial charge is 0.381 e. The molecule has 2 fully saturated rings. The third-order valence-electron chi connectivity index (χ3n) is 5.88. The molecule has 0 amide bonds. The molecule has 0 aromatic heterocycles. The molecular formula is C17H34N2O. The summed E-state index contributed by atoms with van der Waals surface area (Å²) in [5, 5.41) is 0. The smallest absolute Gasteiger partial charge is 0.0589 e. The Labute approximate surface area is 125 Å². The molecule has 2 atom stereocenters. The number of hydrogen-bond acceptors (Lipinski definition) is 3. The van der Waals surface area contributed by atoms with Gasteiger partial charge in [0.05, 0.1) is 6.10 Å². The van der Waals surface area contributed by atoms with E-state index in [4.69, 9.17) is 10.5 Å². The van der Waals surface area contributed by atoms with Gasteiger partial charge in [-0.3, -0.25) is 4.90 Å². The molecule has 2 rings (SSSR count). The van der Waals surface area contributed by atoms with E-state index in [1.54, 1.807) is 0 Å². The zero-order valence-electron chi connectivity index (χ0n) is 14.0. The number of likely N-dealkylation sites (tertiary alicyclic amines) is 1. The quantitative estimate of drug-likeness (QED) is 0.864. The van der Waals surface area contributed by atoms with E-state index in [0.717, 1.165) is 18.9 Å². The summed E-state index contributed by atoms with van der Waals surface area (Å²) in [4.78, 5) is 2.69. The van der Waals surface area contributed by atoms with Gasteiger partial charge in [-0.15, -0.1) is 0 Å². The SMILES string of the molecule is COC1CCCC(CN)(N2CCC(C(C)(C)C)CC2)C1. The monoisotopic (exact) mass is 282 g/mol. The molecule has 0 aromatic carbocycles. The van der Waals surface area contributed by atoms with Crippen LogP contribution in [0.4, 0.5) is 0 Å². The van der Waals surface area contributed by atoms with Gasteiger partial charge in [0, 0.05) is 19.2 Å². The molecule has 1 aliphatic heterocycles. The van der Waals surface area contributed by atoms with Gasteiger partial charge in [-0.2, -0.15) is 0 Å². The maximum atomic E-state index is 6.21. The summed E-state index contributed by atoms with van der Waals surface area (Å²) < 4.78 is 5.63. The van der Waals surface area contributed by atoms with Crippen LogP contribution >= 0.6 is 0 Å². The Morgan fingerprint density at radius 1 is 1.20 bits per heavy atom. The van der Waals surface area contributed by atoms with Gasteiger partial charge in [-0.1, -0.05) is 20.8 Å². The molecule has 20 heavy (non-hydrogen) atoms. The highest BCUT2D eigenvalue weighted by Crippen LogP contribution is 2.40. The number of rotatable bonds is 3. The van der Waals surface area contributed by atoms with E-state index in [0.29, 0.717) is 11.5 Å². The molecule has 1 aliphatic carbocycles. The minimum atomic E-state index is 0.210. The van der Waals surface area contributed by atoms with E-state index in [2.05, 4.69) is 25.7 Å². The van der Waals surface area contributed by atoms with Crippen molar-refractivity contribution in [2.45, 2.75) is 70.9 Å².